The molecule has 0 aliphatic heterocycles. The van der Waals surface area contributed by atoms with E-state index in [2.05, 4.69) is 27.9 Å². The van der Waals surface area contributed by atoms with Gasteiger partial charge >= 0.3 is 5.97 Å². The lowest BCUT2D eigenvalue weighted by Crippen LogP contribution is -2.42. The number of nitrogens with one attached hydrogen (secondary N) is 1. The Bertz CT molecular complexity index is 443. The van der Waals surface area contributed by atoms with Crippen LogP contribution < -0.4 is 5.32 Å². The van der Waals surface area contributed by atoms with E-state index in [4.69, 9.17) is 5.11 Å². The number of rotatable bonds is 6. The molecule has 0 bridgehead atoms. The van der Waals surface area contributed by atoms with E-state index in [-0.39, 0.29) is 11.8 Å². The molecule has 0 unspecified atom stereocenters. The van der Waals surface area contributed by atoms with Crippen molar-refractivity contribution in [2.75, 3.05) is 0 Å². The van der Waals surface area contributed by atoms with Gasteiger partial charge in [-0.2, -0.15) is 0 Å². The van der Waals surface area contributed by atoms with Crippen LogP contribution in [0.15, 0.2) is 24.3 Å². The number of amides is 1. The van der Waals surface area contributed by atoms with Gasteiger partial charge in [-0.3, -0.25) is 4.79 Å². The van der Waals surface area contributed by atoms with E-state index in [9.17, 15) is 9.59 Å². The second-order valence-corrected chi connectivity index (χ2v) is 6.13. The third-order valence-electron chi connectivity index (χ3n) is 2.58. The van der Waals surface area contributed by atoms with Crippen molar-refractivity contribution in [2.24, 2.45) is 5.92 Å². The molecule has 1 atom stereocenters. The third-order valence-corrected chi connectivity index (χ3v) is 3.30. The van der Waals surface area contributed by atoms with Crippen LogP contribution in [0, 0.1) is 9.49 Å². The largest absolute Gasteiger partial charge is 0.480 e. The monoisotopic (exact) mass is 375 g/mol. The lowest BCUT2D eigenvalue weighted by molar-refractivity contribution is -0.141. The van der Waals surface area contributed by atoms with E-state index in [0.717, 1.165) is 9.13 Å². The third kappa shape index (κ3) is 6.04. The molecule has 1 rings (SSSR count). The second-order valence-electron chi connectivity index (χ2n) is 4.89. The Morgan fingerprint density at radius 1 is 1.26 bits per heavy atom. The van der Waals surface area contributed by atoms with Gasteiger partial charge < -0.3 is 10.4 Å². The van der Waals surface area contributed by atoms with Crippen LogP contribution in [0.4, 0.5) is 0 Å². The van der Waals surface area contributed by atoms with Crippen molar-refractivity contribution in [3.05, 3.63) is 33.4 Å². The Morgan fingerprint density at radius 2 is 1.84 bits per heavy atom. The maximum Gasteiger partial charge on any atom is 0.326 e. The average molecular weight is 375 g/mol. The summed E-state index contributed by atoms with van der Waals surface area (Å²) in [5.74, 6) is -1.00. The minimum Gasteiger partial charge on any atom is -0.480 e. The second kappa shape index (κ2) is 7.47. The van der Waals surface area contributed by atoms with Gasteiger partial charge in [-0.05, 0) is 46.2 Å². The van der Waals surface area contributed by atoms with E-state index in [1.807, 2.05) is 38.1 Å². The van der Waals surface area contributed by atoms with Crippen molar-refractivity contribution in [1.29, 1.82) is 0 Å². The number of carboxylic acids is 1. The molecule has 0 radical (unpaired) electrons. The van der Waals surface area contributed by atoms with Gasteiger partial charge in [0.1, 0.15) is 6.04 Å². The van der Waals surface area contributed by atoms with Gasteiger partial charge in [-0.15, -0.1) is 0 Å². The number of aliphatic carboxylic acids is 1. The number of hydrogen-bond donors (Lipinski definition) is 2. The summed E-state index contributed by atoms with van der Waals surface area (Å²) in [6, 6.07) is 6.74. The highest BCUT2D eigenvalue weighted by Crippen LogP contribution is 2.09. The first-order valence-corrected chi connectivity index (χ1v) is 7.23. The van der Waals surface area contributed by atoms with E-state index in [1.54, 1.807) is 0 Å². The predicted octanol–water partition coefficient (Wildman–Crippen LogP) is 2.45. The fraction of sp³-hybridized carbons (Fsp3) is 0.429. The summed E-state index contributed by atoms with van der Waals surface area (Å²) in [5.41, 5.74) is 0.901. The van der Waals surface area contributed by atoms with Crippen LogP contribution in [0.5, 0.6) is 0 Å². The number of hydrogen-bond acceptors (Lipinski definition) is 2. The van der Waals surface area contributed by atoms with Crippen molar-refractivity contribution in [3.63, 3.8) is 0 Å². The number of benzene rings is 1. The minimum absolute atomic E-state index is 0.215. The van der Waals surface area contributed by atoms with Crippen molar-refractivity contribution in [3.8, 4) is 0 Å². The SMILES string of the molecule is CC(C)CC(=O)N[C@@H](Cc1ccc(I)cc1)C(=O)O. The quantitative estimate of drug-likeness (QED) is 0.751. The predicted molar refractivity (Wildman–Crippen MR) is 81.9 cm³/mol. The topological polar surface area (TPSA) is 66.4 Å². The highest BCUT2D eigenvalue weighted by atomic mass is 127. The fourth-order valence-corrected chi connectivity index (χ4v) is 2.04. The zero-order valence-corrected chi connectivity index (χ0v) is 13.2. The van der Waals surface area contributed by atoms with Crippen LogP contribution in [0.3, 0.4) is 0 Å². The highest BCUT2D eigenvalue weighted by molar-refractivity contribution is 14.1. The van der Waals surface area contributed by atoms with E-state index >= 15 is 0 Å². The molecule has 1 aromatic carbocycles. The standard InChI is InChI=1S/C14H18INO3/c1-9(2)7-13(17)16-12(14(18)19)8-10-3-5-11(15)6-4-10/h3-6,9,12H,7-8H2,1-2H3,(H,16,17)(H,18,19)/t12-/m0/s1. The molecule has 0 saturated carbocycles. The first kappa shape index (κ1) is 15.9. The van der Waals surface area contributed by atoms with Gasteiger partial charge in [0.2, 0.25) is 5.91 Å². The summed E-state index contributed by atoms with van der Waals surface area (Å²) >= 11 is 2.19. The number of carbonyl (C=O) groups excluding carboxylic acids is 1. The first-order chi connectivity index (χ1) is 8.88. The lowest BCUT2D eigenvalue weighted by Gasteiger charge is -2.15. The fourth-order valence-electron chi connectivity index (χ4n) is 1.68. The molecule has 1 aromatic rings. The van der Waals surface area contributed by atoms with Crippen molar-refractivity contribution >= 4 is 34.5 Å². The highest BCUT2D eigenvalue weighted by Gasteiger charge is 2.20. The Kier molecular flexibility index (Phi) is 6.27. The van der Waals surface area contributed by atoms with Gasteiger partial charge in [0.05, 0.1) is 0 Å². The van der Waals surface area contributed by atoms with Crippen molar-refractivity contribution in [1.82, 2.24) is 5.32 Å². The van der Waals surface area contributed by atoms with Crippen LogP contribution in [0.1, 0.15) is 25.8 Å². The zero-order chi connectivity index (χ0) is 14.4. The van der Waals surface area contributed by atoms with Crippen LogP contribution >= 0.6 is 22.6 Å². The Labute approximate surface area is 126 Å². The van der Waals surface area contributed by atoms with Crippen molar-refractivity contribution in [2.45, 2.75) is 32.7 Å². The zero-order valence-electron chi connectivity index (χ0n) is 11.0. The molecule has 4 nitrogen and oxygen atoms in total. The Balaban J connectivity index is 2.65. The number of halogens is 1. The molecule has 104 valence electrons. The van der Waals surface area contributed by atoms with Gasteiger partial charge in [0.15, 0.2) is 0 Å². The molecule has 0 aliphatic rings. The van der Waals surface area contributed by atoms with Crippen LogP contribution in [-0.4, -0.2) is 23.0 Å². The van der Waals surface area contributed by atoms with Gasteiger partial charge in [0, 0.05) is 16.4 Å². The molecule has 5 heteroatoms. The first-order valence-electron chi connectivity index (χ1n) is 6.15. The van der Waals surface area contributed by atoms with Gasteiger partial charge in [-0.25, -0.2) is 4.79 Å². The lowest BCUT2D eigenvalue weighted by atomic mass is 10.0. The maximum absolute atomic E-state index is 11.6. The molecular weight excluding hydrogens is 357 g/mol. The summed E-state index contributed by atoms with van der Waals surface area (Å²) in [7, 11) is 0. The molecule has 0 spiro atoms. The van der Waals surface area contributed by atoms with E-state index in [0.29, 0.717) is 12.8 Å². The molecular formula is C14H18INO3. The molecule has 0 fully saturated rings. The van der Waals surface area contributed by atoms with Crippen molar-refractivity contribution < 1.29 is 14.7 Å². The van der Waals surface area contributed by atoms with E-state index < -0.39 is 12.0 Å². The molecule has 2 N–H and O–H groups in total. The molecule has 0 heterocycles. The summed E-state index contributed by atoms with van der Waals surface area (Å²) in [6.07, 6.45) is 0.645. The summed E-state index contributed by atoms with van der Waals surface area (Å²) < 4.78 is 1.09. The van der Waals surface area contributed by atoms with Gasteiger partial charge in [-0.1, -0.05) is 26.0 Å². The van der Waals surface area contributed by atoms with Gasteiger partial charge in [0.25, 0.3) is 0 Å². The molecule has 19 heavy (non-hydrogen) atoms. The van der Waals surface area contributed by atoms with Crippen LogP contribution in [0.2, 0.25) is 0 Å². The number of carboxylic acid groups (broad SMARTS) is 1. The normalized spacial score (nSPS) is 12.2. The smallest absolute Gasteiger partial charge is 0.326 e. The van der Waals surface area contributed by atoms with E-state index in [1.165, 1.54) is 0 Å². The molecule has 0 aliphatic carbocycles. The summed E-state index contributed by atoms with van der Waals surface area (Å²) in [6.45, 7) is 3.85. The summed E-state index contributed by atoms with van der Waals surface area (Å²) in [4.78, 5) is 22.8. The Hall–Kier alpha value is -1.11. The van der Waals surface area contributed by atoms with Crippen LogP contribution in [-0.2, 0) is 16.0 Å². The average Bonchev–Trinajstić information content (AvgIpc) is 2.29. The molecule has 1 amide bonds. The summed E-state index contributed by atoms with van der Waals surface area (Å²) in [5, 5.41) is 11.7. The molecule has 0 saturated heterocycles. The maximum atomic E-state index is 11.6. The Morgan fingerprint density at radius 3 is 2.32 bits per heavy atom. The minimum atomic E-state index is -1.00. The molecule has 0 aromatic heterocycles. The number of carbonyl (C=O) groups is 2. The van der Waals surface area contributed by atoms with Crippen LogP contribution in [0.25, 0.3) is 0 Å².